The van der Waals surface area contributed by atoms with E-state index in [2.05, 4.69) is 0 Å². The first-order chi connectivity index (χ1) is 5.68. The summed E-state index contributed by atoms with van der Waals surface area (Å²) in [5.41, 5.74) is 8.78. The minimum atomic E-state index is -0.0765. The maximum absolute atomic E-state index is 11.3. The van der Waals surface area contributed by atoms with Crippen LogP contribution in [-0.4, -0.2) is 5.78 Å². The second kappa shape index (κ2) is 2.42. The number of carbonyl (C=O) groups is 1. The molecule has 62 valence electrons. The number of rotatable bonds is 0. The van der Waals surface area contributed by atoms with Crippen molar-refractivity contribution in [2.75, 3.05) is 0 Å². The molecule has 2 heteroatoms. The van der Waals surface area contributed by atoms with Crippen LogP contribution < -0.4 is 5.73 Å². The maximum Gasteiger partial charge on any atom is 0.165 e. The average molecular weight is 161 g/mol. The van der Waals surface area contributed by atoms with Crippen molar-refractivity contribution in [1.82, 2.24) is 0 Å². The molecule has 0 fully saturated rings. The maximum atomic E-state index is 11.3. The van der Waals surface area contributed by atoms with Crippen molar-refractivity contribution < 1.29 is 4.79 Å². The zero-order valence-electron chi connectivity index (χ0n) is 7.00. The monoisotopic (exact) mass is 161 g/mol. The molecule has 0 aromatic heterocycles. The highest BCUT2D eigenvalue weighted by Crippen LogP contribution is 2.29. The lowest BCUT2D eigenvalue weighted by atomic mass is 10.1. The number of benzene rings is 1. The molecule has 0 radical (unpaired) electrons. The van der Waals surface area contributed by atoms with Gasteiger partial charge < -0.3 is 5.73 Å². The second-order valence-electron chi connectivity index (χ2n) is 3.32. The van der Waals surface area contributed by atoms with Gasteiger partial charge in [0.05, 0.1) is 0 Å². The molecule has 0 saturated heterocycles. The van der Waals surface area contributed by atoms with Gasteiger partial charge in [0.2, 0.25) is 0 Å². The van der Waals surface area contributed by atoms with Crippen LogP contribution in [0.1, 0.15) is 33.9 Å². The number of aryl methyl sites for hydroxylation is 1. The third kappa shape index (κ3) is 0.959. The standard InChI is InChI=1S/C10H11NO/c1-6-2-3-7-8(4-6)9(11)5-10(7)12/h2-4,9H,5,11H2,1H3. The molecular weight excluding hydrogens is 150 g/mol. The van der Waals surface area contributed by atoms with Gasteiger partial charge in [0, 0.05) is 18.0 Å². The van der Waals surface area contributed by atoms with Crippen molar-refractivity contribution in [3.8, 4) is 0 Å². The zero-order chi connectivity index (χ0) is 8.72. The van der Waals surface area contributed by atoms with Gasteiger partial charge in [-0.2, -0.15) is 0 Å². The molecule has 0 bridgehead atoms. The minimum absolute atomic E-state index is 0.0765. The van der Waals surface area contributed by atoms with Gasteiger partial charge in [0.1, 0.15) is 0 Å². The highest BCUT2D eigenvalue weighted by atomic mass is 16.1. The minimum Gasteiger partial charge on any atom is -0.324 e. The van der Waals surface area contributed by atoms with Gasteiger partial charge in [-0.15, -0.1) is 0 Å². The smallest absolute Gasteiger partial charge is 0.165 e. The summed E-state index contributed by atoms with van der Waals surface area (Å²) in [7, 11) is 0. The van der Waals surface area contributed by atoms with Crippen molar-refractivity contribution in [2.24, 2.45) is 5.73 Å². The lowest BCUT2D eigenvalue weighted by molar-refractivity contribution is 0.0989. The van der Waals surface area contributed by atoms with Crippen LogP contribution in [0.5, 0.6) is 0 Å². The first-order valence-electron chi connectivity index (χ1n) is 4.08. The van der Waals surface area contributed by atoms with Crippen LogP contribution in [0.25, 0.3) is 0 Å². The quantitative estimate of drug-likeness (QED) is 0.627. The lowest BCUT2D eigenvalue weighted by Crippen LogP contribution is -2.05. The summed E-state index contributed by atoms with van der Waals surface area (Å²) in [6.45, 7) is 2.01. The first-order valence-corrected chi connectivity index (χ1v) is 4.08. The van der Waals surface area contributed by atoms with Crippen LogP contribution in [0, 0.1) is 6.92 Å². The number of carbonyl (C=O) groups excluding carboxylic acids is 1. The van der Waals surface area contributed by atoms with E-state index < -0.39 is 0 Å². The highest BCUT2D eigenvalue weighted by molar-refractivity contribution is 6.01. The molecule has 0 amide bonds. The van der Waals surface area contributed by atoms with E-state index in [-0.39, 0.29) is 11.8 Å². The van der Waals surface area contributed by atoms with E-state index in [1.54, 1.807) is 0 Å². The summed E-state index contributed by atoms with van der Waals surface area (Å²) in [4.78, 5) is 11.3. The van der Waals surface area contributed by atoms with Crippen LogP contribution >= 0.6 is 0 Å². The van der Waals surface area contributed by atoms with Crippen LogP contribution in [-0.2, 0) is 0 Å². The van der Waals surface area contributed by atoms with E-state index in [9.17, 15) is 4.79 Å². The van der Waals surface area contributed by atoms with Crippen molar-refractivity contribution in [2.45, 2.75) is 19.4 Å². The van der Waals surface area contributed by atoms with Gasteiger partial charge in [-0.25, -0.2) is 0 Å². The predicted molar refractivity (Wildman–Crippen MR) is 47.1 cm³/mol. The van der Waals surface area contributed by atoms with E-state index in [1.165, 1.54) is 5.56 Å². The number of ketones is 1. The van der Waals surface area contributed by atoms with Crippen LogP contribution in [0.15, 0.2) is 18.2 Å². The Labute approximate surface area is 71.4 Å². The fourth-order valence-electron chi connectivity index (χ4n) is 1.66. The molecule has 2 nitrogen and oxygen atoms in total. The van der Waals surface area contributed by atoms with E-state index in [4.69, 9.17) is 5.73 Å². The Morgan fingerprint density at radius 1 is 1.50 bits per heavy atom. The molecule has 0 heterocycles. The fraction of sp³-hybridized carbons (Fsp3) is 0.300. The zero-order valence-corrected chi connectivity index (χ0v) is 7.00. The molecular formula is C10H11NO. The SMILES string of the molecule is Cc1ccc2c(c1)C(N)CC2=O. The third-order valence-corrected chi connectivity index (χ3v) is 2.31. The van der Waals surface area contributed by atoms with E-state index in [0.717, 1.165) is 11.1 Å². The van der Waals surface area contributed by atoms with Gasteiger partial charge in [-0.1, -0.05) is 23.8 Å². The van der Waals surface area contributed by atoms with Crippen LogP contribution in [0.2, 0.25) is 0 Å². The number of Topliss-reactive ketones (excluding diaryl/α,β-unsaturated/α-hetero) is 1. The molecule has 0 spiro atoms. The normalized spacial score (nSPS) is 21.2. The third-order valence-electron chi connectivity index (χ3n) is 2.31. The van der Waals surface area contributed by atoms with Crippen molar-refractivity contribution >= 4 is 5.78 Å². The Kier molecular flexibility index (Phi) is 1.51. The van der Waals surface area contributed by atoms with Gasteiger partial charge in [0.25, 0.3) is 0 Å². The molecule has 2 N–H and O–H groups in total. The summed E-state index contributed by atoms with van der Waals surface area (Å²) in [6, 6.07) is 5.76. The molecule has 1 atom stereocenters. The Bertz CT molecular complexity index is 344. The van der Waals surface area contributed by atoms with Gasteiger partial charge in [-0.3, -0.25) is 4.79 Å². The predicted octanol–water partition coefficient (Wildman–Crippen LogP) is 1.58. The molecule has 0 aliphatic heterocycles. The molecule has 1 aromatic carbocycles. The molecule has 0 saturated carbocycles. The van der Waals surface area contributed by atoms with E-state index in [0.29, 0.717) is 6.42 Å². The highest BCUT2D eigenvalue weighted by Gasteiger charge is 2.25. The van der Waals surface area contributed by atoms with E-state index in [1.807, 2.05) is 25.1 Å². The number of nitrogens with two attached hydrogens (primary N) is 1. The lowest BCUT2D eigenvalue weighted by Gasteiger charge is -2.03. The van der Waals surface area contributed by atoms with Crippen molar-refractivity contribution in [3.05, 3.63) is 34.9 Å². The van der Waals surface area contributed by atoms with Gasteiger partial charge in [-0.05, 0) is 12.5 Å². The summed E-state index contributed by atoms with van der Waals surface area (Å²) in [5.74, 6) is 0.178. The van der Waals surface area contributed by atoms with Gasteiger partial charge >= 0.3 is 0 Å². The van der Waals surface area contributed by atoms with Crippen molar-refractivity contribution in [1.29, 1.82) is 0 Å². The largest absolute Gasteiger partial charge is 0.324 e. The average Bonchev–Trinajstić information content (AvgIpc) is 2.28. The van der Waals surface area contributed by atoms with Crippen molar-refractivity contribution in [3.63, 3.8) is 0 Å². The molecule has 1 aliphatic rings. The van der Waals surface area contributed by atoms with Crippen LogP contribution in [0.3, 0.4) is 0 Å². The summed E-state index contributed by atoms with van der Waals surface area (Å²) in [5, 5.41) is 0. The fourth-order valence-corrected chi connectivity index (χ4v) is 1.66. The first kappa shape index (κ1) is 7.50. The Morgan fingerprint density at radius 2 is 2.25 bits per heavy atom. The second-order valence-corrected chi connectivity index (χ2v) is 3.32. The summed E-state index contributed by atoms with van der Waals surface area (Å²) in [6.07, 6.45) is 0.471. The van der Waals surface area contributed by atoms with Crippen LogP contribution in [0.4, 0.5) is 0 Å². The molecule has 1 unspecified atom stereocenters. The topological polar surface area (TPSA) is 43.1 Å². The number of fused-ring (bicyclic) bond motifs is 1. The number of hydrogen-bond acceptors (Lipinski definition) is 2. The van der Waals surface area contributed by atoms with Gasteiger partial charge in [0.15, 0.2) is 5.78 Å². The Morgan fingerprint density at radius 3 is 3.00 bits per heavy atom. The molecule has 1 aliphatic carbocycles. The Balaban J connectivity index is 2.60. The Hall–Kier alpha value is -1.15. The molecule has 12 heavy (non-hydrogen) atoms. The molecule has 2 rings (SSSR count). The summed E-state index contributed by atoms with van der Waals surface area (Å²) >= 11 is 0. The molecule has 1 aromatic rings. The summed E-state index contributed by atoms with van der Waals surface area (Å²) < 4.78 is 0. The van der Waals surface area contributed by atoms with E-state index >= 15 is 0 Å². The number of hydrogen-bond donors (Lipinski definition) is 1.